The fourth-order valence-corrected chi connectivity index (χ4v) is 2.93. The zero-order chi connectivity index (χ0) is 17.4. The highest BCUT2D eigenvalue weighted by molar-refractivity contribution is 5.94. The van der Waals surface area contributed by atoms with Crippen molar-refractivity contribution in [2.75, 3.05) is 26.7 Å². The lowest BCUT2D eigenvalue weighted by molar-refractivity contribution is -0.117. The molecule has 1 saturated heterocycles. The molecule has 0 spiro atoms. The summed E-state index contributed by atoms with van der Waals surface area (Å²) in [5.74, 6) is -0.169. The monoisotopic (exact) mass is 329 g/mol. The first-order valence-corrected chi connectivity index (χ1v) is 8.65. The number of nitrogens with zero attached hydrogens (tertiary/aromatic N) is 1. The standard InChI is InChI=1S/C19H27N3O2/c1-3-12-22-13-10-17(11-14-22)21-18(23)9-6-15-4-7-16(8-5-15)19(24)20-2/h4-9,17H,3,10-14H2,1-2H3,(H,20,24)(H,21,23)/b9-6+. The number of nitrogens with one attached hydrogen (secondary N) is 2. The van der Waals surface area contributed by atoms with Crippen molar-refractivity contribution in [3.05, 3.63) is 41.5 Å². The van der Waals surface area contributed by atoms with Crippen LogP contribution < -0.4 is 10.6 Å². The lowest BCUT2D eigenvalue weighted by Crippen LogP contribution is -2.44. The molecule has 1 aromatic carbocycles. The highest BCUT2D eigenvalue weighted by Gasteiger charge is 2.19. The summed E-state index contributed by atoms with van der Waals surface area (Å²) in [5, 5.41) is 5.66. The number of piperidine rings is 1. The van der Waals surface area contributed by atoms with Gasteiger partial charge in [0.25, 0.3) is 5.91 Å². The van der Waals surface area contributed by atoms with Gasteiger partial charge >= 0.3 is 0 Å². The number of hydrogen-bond acceptors (Lipinski definition) is 3. The van der Waals surface area contributed by atoms with Gasteiger partial charge in [0.2, 0.25) is 5.91 Å². The van der Waals surface area contributed by atoms with Gasteiger partial charge < -0.3 is 15.5 Å². The number of amides is 2. The second-order valence-corrected chi connectivity index (χ2v) is 6.16. The molecular weight excluding hydrogens is 302 g/mol. The highest BCUT2D eigenvalue weighted by atomic mass is 16.2. The first kappa shape index (κ1) is 18.2. The van der Waals surface area contributed by atoms with Gasteiger partial charge in [-0.2, -0.15) is 0 Å². The van der Waals surface area contributed by atoms with Crippen LogP contribution in [0.2, 0.25) is 0 Å². The smallest absolute Gasteiger partial charge is 0.251 e. The maximum atomic E-state index is 12.0. The minimum Gasteiger partial charge on any atom is -0.355 e. The topological polar surface area (TPSA) is 61.4 Å². The van der Waals surface area contributed by atoms with Gasteiger partial charge in [0.05, 0.1) is 0 Å². The van der Waals surface area contributed by atoms with E-state index in [1.165, 1.54) is 6.42 Å². The van der Waals surface area contributed by atoms with Gasteiger partial charge in [-0.15, -0.1) is 0 Å². The lowest BCUT2D eigenvalue weighted by Gasteiger charge is -2.31. The quantitative estimate of drug-likeness (QED) is 0.785. The van der Waals surface area contributed by atoms with Gasteiger partial charge in [-0.25, -0.2) is 0 Å². The Balaban J connectivity index is 1.80. The van der Waals surface area contributed by atoms with E-state index < -0.39 is 0 Å². The Kier molecular flexibility index (Phi) is 7.00. The van der Waals surface area contributed by atoms with Gasteiger partial charge in [-0.05, 0) is 49.6 Å². The average molecular weight is 329 g/mol. The average Bonchev–Trinajstić information content (AvgIpc) is 2.61. The molecule has 0 aromatic heterocycles. The van der Waals surface area contributed by atoms with Crippen molar-refractivity contribution in [3.63, 3.8) is 0 Å². The van der Waals surface area contributed by atoms with Crippen LogP contribution in [0.4, 0.5) is 0 Å². The molecule has 5 nitrogen and oxygen atoms in total. The van der Waals surface area contributed by atoms with E-state index >= 15 is 0 Å². The number of benzene rings is 1. The van der Waals surface area contributed by atoms with E-state index in [4.69, 9.17) is 0 Å². The number of carbonyl (C=O) groups is 2. The zero-order valence-electron chi connectivity index (χ0n) is 14.5. The number of hydrogen-bond donors (Lipinski definition) is 2. The van der Waals surface area contributed by atoms with Crippen molar-refractivity contribution in [3.8, 4) is 0 Å². The largest absolute Gasteiger partial charge is 0.355 e. The van der Waals surface area contributed by atoms with Crippen molar-refractivity contribution >= 4 is 17.9 Å². The molecule has 24 heavy (non-hydrogen) atoms. The third-order valence-corrected chi connectivity index (χ3v) is 4.30. The maximum Gasteiger partial charge on any atom is 0.251 e. The van der Waals surface area contributed by atoms with Crippen molar-refractivity contribution < 1.29 is 9.59 Å². The van der Waals surface area contributed by atoms with Crippen LogP contribution >= 0.6 is 0 Å². The van der Waals surface area contributed by atoms with Crippen molar-refractivity contribution in [2.45, 2.75) is 32.2 Å². The fourth-order valence-electron chi connectivity index (χ4n) is 2.93. The van der Waals surface area contributed by atoms with Crippen LogP contribution in [0.5, 0.6) is 0 Å². The van der Waals surface area contributed by atoms with Crippen LogP contribution in [0, 0.1) is 0 Å². The van der Waals surface area contributed by atoms with Crippen LogP contribution in [0.25, 0.3) is 6.08 Å². The molecule has 1 heterocycles. The number of likely N-dealkylation sites (tertiary alicyclic amines) is 1. The summed E-state index contributed by atoms with van der Waals surface area (Å²) in [6.45, 7) is 5.46. The van der Waals surface area contributed by atoms with E-state index in [0.717, 1.165) is 38.0 Å². The number of carbonyl (C=O) groups excluding carboxylic acids is 2. The van der Waals surface area contributed by atoms with Gasteiger partial charge in [-0.3, -0.25) is 9.59 Å². The molecule has 1 aromatic rings. The summed E-state index contributed by atoms with van der Waals surface area (Å²) >= 11 is 0. The lowest BCUT2D eigenvalue weighted by atomic mass is 10.0. The van der Waals surface area contributed by atoms with Crippen LogP contribution in [-0.2, 0) is 4.79 Å². The zero-order valence-corrected chi connectivity index (χ0v) is 14.5. The molecule has 0 atom stereocenters. The summed E-state index contributed by atoms with van der Waals surface area (Å²) < 4.78 is 0. The molecule has 0 aliphatic carbocycles. The molecule has 2 N–H and O–H groups in total. The Morgan fingerprint density at radius 3 is 2.46 bits per heavy atom. The van der Waals surface area contributed by atoms with E-state index in [1.54, 1.807) is 31.3 Å². The Hall–Kier alpha value is -2.14. The van der Waals surface area contributed by atoms with E-state index in [9.17, 15) is 9.59 Å². The van der Waals surface area contributed by atoms with Crippen LogP contribution in [0.3, 0.4) is 0 Å². The molecule has 0 bridgehead atoms. The van der Waals surface area contributed by atoms with Gasteiger partial charge in [0, 0.05) is 37.8 Å². The Labute approximate surface area is 144 Å². The molecule has 1 aliphatic heterocycles. The van der Waals surface area contributed by atoms with Crippen molar-refractivity contribution in [2.24, 2.45) is 0 Å². The summed E-state index contributed by atoms with van der Waals surface area (Å²) in [7, 11) is 1.60. The Morgan fingerprint density at radius 1 is 1.21 bits per heavy atom. The molecule has 0 radical (unpaired) electrons. The van der Waals surface area contributed by atoms with E-state index in [1.807, 2.05) is 12.1 Å². The summed E-state index contributed by atoms with van der Waals surface area (Å²) in [6, 6.07) is 7.43. The minimum absolute atomic E-state index is 0.0562. The molecule has 130 valence electrons. The maximum absolute atomic E-state index is 12.0. The van der Waals surface area contributed by atoms with Gasteiger partial charge in [0.15, 0.2) is 0 Å². The van der Waals surface area contributed by atoms with Crippen molar-refractivity contribution in [1.29, 1.82) is 0 Å². The molecule has 0 saturated carbocycles. The normalized spacial score (nSPS) is 16.2. The number of rotatable bonds is 6. The molecule has 2 amide bonds. The Bertz CT molecular complexity index is 573. The molecule has 2 rings (SSSR count). The second-order valence-electron chi connectivity index (χ2n) is 6.16. The third kappa shape index (κ3) is 5.49. The highest BCUT2D eigenvalue weighted by Crippen LogP contribution is 2.11. The summed E-state index contributed by atoms with van der Waals surface area (Å²) in [5.41, 5.74) is 1.51. The second kappa shape index (κ2) is 9.23. The van der Waals surface area contributed by atoms with E-state index in [0.29, 0.717) is 5.56 Å². The Morgan fingerprint density at radius 2 is 1.88 bits per heavy atom. The predicted octanol–water partition coefficient (Wildman–Crippen LogP) is 2.05. The minimum atomic E-state index is -0.113. The summed E-state index contributed by atoms with van der Waals surface area (Å²) in [6.07, 6.45) is 6.54. The molecule has 1 aliphatic rings. The van der Waals surface area contributed by atoms with Gasteiger partial charge in [-0.1, -0.05) is 19.1 Å². The SMILES string of the molecule is CCCN1CCC(NC(=O)/C=C/c2ccc(C(=O)NC)cc2)CC1. The summed E-state index contributed by atoms with van der Waals surface area (Å²) in [4.78, 5) is 26.0. The van der Waals surface area contributed by atoms with Crippen LogP contribution in [0.15, 0.2) is 30.3 Å². The fraction of sp³-hybridized carbons (Fsp3) is 0.474. The molecule has 5 heteroatoms. The van der Waals surface area contributed by atoms with Crippen LogP contribution in [-0.4, -0.2) is 49.4 Å². The molecule has 0 unspecified atom stereocenters. The van der Waals surface area contributed by atoms with E-state index in [2.05, 4.69) is 22.5 Å². The van der Waals surface area contributed by atoms with Crippen molar-refractivity contribution in [1.82, 2.24) is 15.5 Å². The first-order valence-electron chi connectivity index (χ1n) is 8.65. The predicted molar refractivity (Wildman–Crippen MR) is 96.8 cm³/mol. The third-order valence-electron chi connectivity index (χ3n) is 4.30. The first-order chi connectivity index (χ1) is 11.6. The van der Waals surface area contributed by atoms with E-state index in [-0.39, 0.29) is 17.9 Å². The molecule has 1 fully saturated rings. The molecular formula is C19H27N3O2. The van der Waals surface area contributed by atoms with Crippen LogP contribution in [0.1, 0.15) is 42.1 Å². The van der Waals surface area contributed by atoms with Gasteiger partial charge in [0.1, 0.15) is 0 Å².